The molecule has 0 aliphatic rings. The quantitative estimate of drug-likeness (QED) is 0.641. The first kappa shape index (κ1) is 17.3. The molecule has 0 radical (unpaired) electrons. The number of nitrogens with zero attached hydrogens (tertiary/aromatic N) is 2. The fraction of sp³-hybridized carbons (Fsp3) is 0.118. The fourth-order valence-electron chi connectivity index (χ4n) is 1.87. The third-order valence-corrected chi connectivity index (χ3v) is 3.43. The molecule has 2 rings (SSSR count). The summed E-state index contributed by atoms with van der Waals surface area (Å²) in [5.41, 5.74) is 1.27. The average Bonchev–Trinajstić information content (AvgIpc) is 2.57. The van der Waals surface area contributed by atoms with E-state index >= 15 is 0 Å². The van der Waals surface area contributed by atoms with Gasteiger partial charge in [0, 0.05) is 18.1 Å². The number of carbonyl (C=O) groups excluding carboxylic acids is 1. The minimum absolute atomic E-state index is 0.0907. The number of methoxy groups -OCH3 is 1. The van der Waals surface area contributed by atoms with E-state index in [4.69, 9.17) is 16.3 Å². The van der Waals surface area contributed by atoms with E-state index in [1.807, 2.05) is 19.1 Å². The number of halogens is 1. The van der Waals surface area contributed by atoms with Crippen LogP contribution >= 0.6 is 11.6 Å². The Kier molecular flexibility index (Phi) is 5.77. The Labute approximate surface area is 144 Å². The molecule has 0 atom stereocenters. The number of ether oxygens (including phenoxy) is 1. The lowest BCUT2D eigenvalue weighted by molar-refractivity contribution is -0.112. The highest BCUT2D eigenvalue weighted by molar-refractivity contribution is 6.32. The highest BCUT2D eigenvalue weighted by Crippen LogP contribution is 2.27. The molecule has 2 N–H and O–H groups in total. The average molecular weight is 343 g/mol. The predicted octanol–water partition coefficient (Wildman–Crippen LogP) is 3.51. The summed E-state index contributed by atoms with van der Waals surface area (Å²) in [6, 6.07) is 10.3. The minimum atomic E-state index is -0.556. The van der Waals surface area contributed by atoms with Gasteiger partial charge in [-0.2, -0.15) is 5.26 Å². The number of pyridine rings is 1. The summed E-state index contributed by atoms with van der Waals surface area (Å²) < 4.78 is 5.05. The van der Waals surface area contributed by atoms with Crippen molar-refractivity contribution in [2.45, 2.75) is 6.92 Å². The van der Waals surface area contributed by atoms with E-state index in [1.165, 1.54) is 13.3 Å². The number of anilines is 2. The van der Waals surface area contributed by atoms with Crippen molar-refractivity contribution < 1.29 is 9.53 Å². The molecule has 0 unspecified atom stereocenters. The Balaban J connectivity index is 2.12. The Bertz CT molecular complexity index is 828. The third kappa shape index (κ3) is 4.24. The van der Waals surface area contributed by atoms with Crippen LogP contribution < -0.4 is 15.4 Å². The van der Waals surface area contributed by atoms with Gasteiger partial charge < -0.3 is 15.4 Å². The molecule has 2 aromatic rings. The van der Waals surface area contributed by atoms with Gasteiger partial charge in [-0.1, -0.05) is 17.7 Å². The van der Waals surface area contributed by atoms with E-state index in [9.17, 15) is 10.1 Å². The molecule has 1 aromatic carbocycles. The Morgan fingerprint density at radius 1 is 1.42 bits per heavy atom. The molecule has 0 fully saturated rings. The normalized spacial score (nSPS) is 10.7. The van der Waals surface area contributed by atoms with Crippen molar-refractivity contribution in [3.63, 3.8) is 0 Å². The second-order valence-electron chi connectivity index (χ2n) is 4.79. The zero-order chi connectivity index (χ0) is 17.5. The molecule has 1 heterocycles. The van der Waals surface area contributed by atoms with E-state index in [1.54, 1.807) is 30.5 Å². The monoisotopic (exact) mass is 342 g/mol. The van der Waals surface area contributed by atoms with Crippen LogP contribution in [0, 0.1) is 18.3 Å². The second kappa shape index (κ2) is 7.99. The maximum absolute atomic E-state index is 12.2. The molecule has 1 aromatic heterocycles. The molecule has 0 saturated heterocycles. The second-order valence-corrected chi connectivity index (χ2v) is 5.19. The van der Waals surface area contributed by atoms with Crippen LogP contribution in [0.25, 0.3) is 0 Å². The minimum Gasteiger partial charge on any atom is -0.495 e. The highest BCUT2D eigenvalue weighted by Gasteiger charge is 2.11. The highest BCUT2D eigenvalue weighted by atomic mass is 35.5. The first-order chi connectivity index (χ1) is 11.5. The smallest absolute Gasteiger partial charge is 0.267 e. The van der Waals surface area contributed by atoms with Crippen molar-refractivity contribution in [1.29, 1.82) is 5.26 Å². The van der Waals surface area contributed by atoms with Crippen molar-refractivity contribution in [2.75, 3.05) is 17.7 Å². The van der Waals surface area contributed by atoms with Gasteiger partial charge in [-0.25, -0.2) is 4.98 Å². The van der Waals surface area contributed by atoms with E-state index in [2.05, 4.69) is 15.6 Å². The van der Waals surface area contributed by atoms with Crippen LogP contribution in [0.3, 0.4) is 0 Å². The SMILES string of the molecule is COc1ccc(NC(=O)/C(C#N)=C\Nc2ncccc2C)cc1Cl. The number of amides is 1. The van der Waals surface area contributed by atoms with Gasteiger partial charge in [-0.05, 0) is 36.8 Å². The van der Waals surface area contributed by atoms with Crippen LogP contribution in [0.2, 0.25) is 5.02 Å². The number of nitrogens with one attached hydrogen (secondary N) is 2. The molecule has 1 amide bonds. The molecule has 0 spiro atoms. The maximum atomic E-state index is 12.2. The van der Waals surface area contributed by atoms with Gasteiger partial charge in [0.25, 0.3) is 5.91 Å². The molecule has 0 aliphatic carbocycles. The third-order valence-electron chi connectivity index (χ3n) is 3.14. The van der Waals surface area contributed by atoms with Gasteiger partial charge in [0.05, 0.1) is 12.1 Å². The lowest BCUT2D eigenvalue weighted by atomic mass is 10.2. The number of rotatable bonds is 5. The lowest BCUT2D eigenvalue weighted by Crippen LogP contribution is -2.14. The van der Waals surface area contributed by atoms with Gasteiger partial charge in [0.2, 0.25) is 0 Å². The van der Waals surface area contributed by atoms with Crippen LogP contribution in [0.1, 0.15) is 5.56 Å². The largest absolute Gasteiger partial charge is 0.495 e. The van der Waals surface area contributed by atoms with Gasteiger partial charge in [0.1, 0.15) is 23.2 Å². The zero-order valence-corrected chi connectivity index (χ0v) is 13.9. The Hall–Kier alpha value is -3.04. The summed E-state index contributed by atoms with van der Waals surface area (Å²) in [5, 5.41) is 15.0. The summed E-state index contributed by atoms with van der Waals surface area (Å²) in [4.78, 5) is 16.3. The molecule has 0 saturated carbocycles. The van der Waals surface area contributed by atoms with Crippen LogP contribution in [-0.2, 0) is 4.79 Å². The molecule has 7 heteroatoms. The Morgan fingerprint density at radius 2 is 2.21 bits per heavy atom. The molecule has 0 aliphatic heterocycles. The van der Waals surface area contributed by atoms with E-state index in [0.717, 1.165) is 5.56 Å². The van der Waals surface area contributed by atoms with Crippen LogP contribution in [0.5, 0.6) is 5.75 Å². The predicted molar refractivity (Wildman–Crippen MR) is 92.9 cm³/mol. The van der Waals surface area contributed by atoms with Crippen molar-refractivity contribution in [3.05, 3.63) is 58.9 Å². The van der Waals surface area contributed by atoms with Gasteiger partial charge in [-0.15, -0.1) is 0 Å². The zero-order valence-electron chi connectivity index (χ0n) is 13.1. The van der Waals surface area contributed by atoms with E-state index in [0.29, 0.717) is 22.3 Å². The van der Waals surface area contributed by atoms with E-state index < -0.39 is 5.91 Å². The molecular formula is C17H15ClN4O2. The molecule has 122 valence electrons. The fourth-order valence-corrected chi connectivity index (χ4v) is 2.13. The number of aryl methyl sites for hydroxylation is 1. The van der Waals surface area contributed by atoms with Crippen molar-refractivity contribution in [2.24, 2.45) is 0 Å². The summed E-state index contributed by atoms with van der Waals surface area (Å²) in [5.74, 6) is 0.517. The van der Waals surface area contributed by atoms with Crippen molar-refractivity contribution in [3.8, 4) is 11.8 Å². The van der Waals surface area contributed by atoms with Crippen LogP contribution in [0.4, 0.5) is 11.5 Å². The lowest BCUT2D eigenvalue weighted by Gasteiger charge is -2.08. The number of hydrogen-bond donors (Lipinski definition) is 2. The molecular weight excluding hydrogens is 328 g/mol. The van der Waals surface area contributed by atoms with Gasteiger partial charge >= 0.3 is 0 Å². The molecule has 0 bridgehead atoms. The summed E-state index contributed by atoms with van der Waals surface area (Å²) in [7, 11) is 1.50. The van der Waals surface area contributed by atoms with Gasteiger partial charge in [-0.3, -0.25) is 4.79 Å². The first-order valence-corrected chi connectivity index (χ1v) is 7.36. The van der Waals surface area contributed by atoms with E-state index in [-0.39, 0.29) is 5.57 Å². The van der Waals surface area contributed by atoms with Crippen LogP contribution in [0.15, 0.2) is 48.3 Å². The van der Waals surface area contributed by atoms with Crippen molar-refractivity contribution in [1.82, 2.24) is 4.98 Å². The standard InChI is InChI=1S/C17H15ClN4O2/c1-11-4-3-7-20-16(11)21-10-12(9-19)17(23)22-13-5-6-15(24-2)14(18)8-13/h3-8,10H,1-2H3,(H,20,21)(H,22,23)/b12-10-. The summed E-state index contributed by atoms with van der Waals surface area (Å²) in [6.07, 6.45) is 2.93. The molecule has 24 heavy (non-hydrogen) atoms. The van der Waals surface area contributed by atoms with Crippen LogP contribution in [-0.4, -0.2) is 18.0 Å². The van der Waals surface area contributed by atoms with Gasteiger partial charge in [0.15, 0.2) is 0 Å². The maximum Gasteiger partial charge on any atom is 0.267 e. The summed E-state index contributed by atoms with van der Waals surface area (Å²) in [6.45, 7) is 1.87. The summed E-state index contributed by atoms with van der Waals surface area (Å²) >= 11 is 6.01. The first-order valence-electron chi connectivity index (χ1n) is 6.98. The number of benzene rings is 1. The molecule has 6 nitrogen and oxygen atoms in total. The number of aromatic nitrogens is 1. The number of nitriles is 1. The topological polar surface area (TPSA) is 87.0 Å². The number of hydrogen-bond acceptors (Lipinski definition) is 5. The Morgan fingerprint density at radius 3 is 2.83 bits per heavy atom. The number of carbonyl (C=O) groups is 1. The van der Waals surface area contributed by atoms with Crippen molar-refractivity contribution >= 4 is 29.0 Å².